The number of anilines is 1. The molecule has 4 nitrogen and oxygen atoms in total. The van der Waals surface area contributed by atoms with Crippen molar-refractivity contribution in [1.29, 1.82) is 0 Å². The number of halogens is 1. The summed E-state index contributed by atoms with van der Waals surface area (Å²) >= 11 is 1.45. The molecule has 0 spiro atoms. The van der Waals surface area contributed by atoms with E-state index < -0.39 is 0 Å². The summed E-state index contributed by atoms with van der Waals surface area (Å²) in [5.41, 5.74) is 0. The van der Waals surface area contributed by atoms with Crippen molar-refractivity contribution < 1.29 is 9.53 Å². The number of aromatic nitrogens is 1. The molecule has 0 aliphatic heterocycles. The number of nitrogens with zero attached hydrogens (tertiary/aromatic N) is 1. The van der Waals surface area contributed by atoms with Gasteiger partial charge in [0.25, 0.3) is 0 Å². The Morgan fingerprint density at radius 1 is 1.77 bits per heavy atom. The summed E-state index contributed by atoms with van der Waals surface area (Å²) in [6.07, 6.45) is 1.68. The largest absolute Gasteiger partial charge is 0.465 e. The number of ether oxygens (including phenoxy) is 1. The smallest absolute Gasteiger partial charge is 0.325 e. The molecule has 6 heteroatoms. The highest BCUT2D eigenvalue weighted by molar-refractivity contribution is 7.13. The maximum Gasteiger partial charge on any atom is 0.325 e. The van der Waals surface area contributed by atoms with Gasteiger partial charge in [0.05, 0.1) is 6.61 Å². The van der Waals surface area contributed by atoms with E-state index >= 15 is 0 Å². The summed E-state index contributed by atoms with van der Waals surface area (Å²) in [6.45, 7) is 2.38. The zero-order valence-corrected chi connectivity index (χ0v) is 8.78. The normalized spacial score (nSPS) is 8.69. The van der Waals surface area contributed by atoms with E-state index in [0.29, 0.717) is 6.61 Å². The molecule has 0 radical (unpaired) electrons. The van der Waals surface area contributed by atoms with Crippen LogP contribution >= 0.6 is 23.7 Å². The lowest BCUT2D eigenvalue weighted by Crippen LogP contribution is -2.16. The number of nitrogens with one attached hydrogen (secondary N) is 1. The van der Waals surface area contributed by atoms with Crippen molar-refractivity contribution in [1.82, 2.24) is 4.98 Å². The third-order valence-electron chi connectivity index (χ3n) is 1.12. The summed E-state index contributed by atoms with van der Waals surface area (Å²) in [5, 5.41) is 5.42. The van der Waals surface area contributed by atoms with Crippen molar-refractivity contribution >= 4 is 34.8 Å². The quantitative estimate of drug-likeness (QED) is 0.786. The number of thiazole rings is 1. The Kier molecular flexibility index (Phi) is 6.26. The van der Waals surface area contributed by atoms with Crippen LogP contribution in [0.25, 0.3) is 0 Å². The molecule has 0 fully saturated rings. The zero-order chi connectivity index (χ0) is 8.81. The fourth-order valence-corrected chi connectivity index (χ4v) is 1.20. The van der Waals surface area contributed by atoms with E-state index in [4.69, 9.17) is 4.74 Å². The first-order chi connectivity index (χ1) is 5.83. The maximum absolute atomic E-state index is 10.8. The van der Waals surface area contributed by atoms with Crippen LogP contribution in [0, 0.1) is 0 Å². The van der Waals surface area contributed by atoms with Gasteiger partial charge in [0, 0.05) is 11.6 Å². The molecule has 1 rings (SSSR count). The highest BCUT2D eigenvalue weighted by Gasteiger charge is 2.01. The molecule has 74 valence electrons. The van der Waals surface area contributed by atoms with Crippen LogP contribution in [-0.4, -0.2) is 24.1 Å². The SMILES string of the molecule is CCOC(=O)CNc1nccs1.Cl. The molecule has 0 aliphatic rings. The second-order valence-corrected chi connectivity index (χ2v) is 2.89. The van der Waals surface area contributed by atoms with Crippen LogP contribution in [0.5, 0.6) is 0 Å². The summed E-state index contributed by atoms with van der Waals surface area (Å²) in [7, 11) is 0. The average Bonchev–Trinajstić information content (AvgIpc) is 2.53. The summed E-state index contributed by atoms with van der Waals surface area (Å²) in [6, 6.07) is 0. The summed E-state index contributed by atoms with van der Waals surface area (Å²) < 4.78 is 4.72. The van der Waals surface area contributed by atoms with Gasteiger partial charge < -0.3 is 10.1 Å². The van der Waals surface area contributed by atoms with Crippen molar-refractivity contribution in [2.75, 3.05) is 18.5 Å². The Morgan fingerprint density at radius 2 is 2.54 bits per heavy atom. The van der Waals surface area contributed by atoms with Gasteiger partial charge in [-0.15, -0.1) is 23.7 Å². The Labute approximate surface area is 86.7 Å². The minimum Gasteiger partial charge on any atom is -0.465 e. The van der Waals surface area contributed by atoms with Crippen molar-refractivity contribution in [3.63, 3.8) is 0 Å². The number of carbonyl (C=O) groups excluding carboxylic acids is 1. The molecule has 1 N–H and O–H groups in total. The van der Waals surface area contributed by atoms with Crippen LogP contribution in [0.3, 0.4) is 0 Å². The average molecular weight is 223 g/mol. The first-order valence-corrected chi connectivity index (χ1v) is 4.50. The molecule has 0 amide bonds. The van der Waals surface area contributed by atoms with Gasteiger partial charge in [0.1, 0.15) is 6.54 Å². The van der Waals surface area contributed by atoms with Crippen LogP contribution in [0.2, 0.25) is 0 Å². The molecule has 0 unspecified atom stereocenters. The minimum absolute atomic E-state index is 0. The molecule has 1 aromatic heterocycles. The molecular weight excluding hydrogens is 212 g/mol. The van der Waals surface area contributed by atoms with E-state index in [9.17, 15) is 4.79 Å². The maximum atomic E-state index is 10.8. The molecule has 0 saturated heterocycles. The molecule has 13 heavy (non-hydrogen) atoms. The van der Waals surface area contributed by atoms with Gasteiger partial charge in [0.2, 0.25) is 0 Å². The Bertz CT molecular complexity index is 241. The van der Waals surface area contributed by atoms with Crippen LogP contribution in [0.4, 0.5) is 5.13 Å². The fourth-order valence-electron chi connectivity index (χ4n) is 0.671. The predicted molar refractivity (Wildman–Crippen MR) is 54.5 cm³/mol. The lowest BCUT2D eigenvalue weighted by atomic mass is 10.6. The molecule has 0 saturated carbocycles. The van der Waals surface area contributed by atoms with Gasteiger partial charge in [-0.05, 0) is 6.92 Å². The highest BCUT2D eigenvalue weighted by atomic mass is 35.5. The standard InChI is InChI=1S/C7H10N2O2S.ClH/c1-2-11-6(10)5-9-7-8-3-4-12-7;/h3-4H,2,5H2,1H3,(H,8,9);1H. The number of hydrogen-bond donors (Lipinski definition) is 1. The van der Waals surface area contributed by atoms with Crippen molar-refractivity contribution in [2.45, 2.75) is 6.92 Å². The van der Waals surface area contributed by atoms with E-state index in [1.807, 2.05) is 5.38 Å². The molecule has 0 aromatic carbocycles. The molecule has 0 bridgehead atoms. The van der Waals surface area contributed by atoms with Crippen molar-refractivity contribution in [3.8, 4) is 0 Å². The van der Waals surface area contributed by atoms with Gasteiger partial charge in [-0.3, -0.25) is 4.79 Å². The second-order valence-electron chi connectivity index (χ2n) is 2.00. The number of hydrogen-bond acceptors (Lipinski definition) is 5. The fraction of sp³-hybridized carbons (Fsp3) is 0.429. The predicted octanol–water partition coefficient (Wildman–Crippen LogP) is 1.54. The minimum atomic E-state index is -0.257. The van der Waals surface area contributed by atoms with Gasteiger partial charge in [-0.1, -0.05) is 0 Å². The molecular formula is C7H11ClN2O2S. The first kappa shape index (κ1) is 12.2. The second kappa shape index (κ2) is 6.68. The zero-order valence-electron chi connectivity index (χ0n) is 7.15. The van der Waals surface area contributed by atoms with E-state index in [-0.39, 0.29) is 24.9 Å². The summed E-state index contributed by atoms with van der Waals surface area (Å²) in [5.74, 6) is -0.257. The third-order valence-corrected chi connectivity index (χ3v) is 1.85. The van der Waals surface area contributed by atoms with E-state index in [0.717, 1.165) is 5.13 Å². The number of esters is 1. The van der Waals surface area contributed by atoms with Gasteiger partial charge in [0.15, 0.2) is 5.13 Å². The van der Waals surface area contributed by atoms with Gasteiger partial charge >= 0.3 is 5.97 Å². The Hall–Kier alpha value is -0.810. The monoisotopic (exact) mass is 222 g/mol. The molecule has 0 atom stereocenters. The lowest BCUT2D eigenvalue weighted by Gasteiger charge is -2.01. The van der Waals surface area contributed by atoms with E-state index in [2.05, 4.69) is 10.3 Å². The highest BCUT2D eigenvalue weighted by Crippen LogP contribution is 2.09. The Balaban J connectivity index is 0.00000144. The van der Waals surface area contributed by atoms with Crippen molar-refractivity contribution in [3.05, 3.63) is 11.6 Å². The van der Waals surface area contributed by atoms with Crippen molar-refractivity contribution in [2.24, 2.45) is 0 Å². The molecule has 1 heterocycles. The number of rotatable bonds is 4. The van der Waals surface area contributed by atoms with Crippen LogP contribution in [-0.2, 0) is 9.53 Å². The first-order valence-electron chi connectivity index (χ1n) is 3.62. The Morgan fingerprint density at radius 3 is 3.08 bits per heavy atom. The number of carbonyl (C=O) groups is 1. The lowest BCUT2D eigenvalue weighted by molar-refractivity contribution is -0.140. The topological polar surface area (TPSA) is 51.2 Å². The molecule has 0 aliphatic carbocycles. The summed E-state index contributed by atoms with van der Waals surface area (Å²) in [4.78, 5) is 14.8. The van der Waals surface area contributed by atoms with Gasteiger partial charge in [-0.2, -0.15) is 0 Å². The van der Waals surface area contributed by atoms with E-state index in [1.165, 1.54) is 11.3 Å². The van der Waals surface area contributed by atoms with E-state index in [1.54, 1.807) is 13.1 Å². The van der Waals surface area contributed by atoms with Crippen LogP contribution < -0.4 is 5.32 Å². The van der Waals surface area contributed by atoms with Crippen LogP contribution in [0.15, 0.2) is 11.6 Å². The molecule has 1 aromatic rings. The van der Waals surface area contributed by atoms with Crippen LogP contribution in [0.1, 0.15) is 6.92 Å². The van der Waals surface area contributed by atoms with Gasteiger partial charge in [-0.25, -0.2) is 4.98 Å². The third kappa shape index (κ3) is 4.69.